The van der Waals surface area contributed by atoms with Gasteiger partial charge in [-0.05, 0) is 102 Å². The molecule has 3 aliphatic rings. The standard InChI is InChI=1S/C40H57F2N7O4Si/c1-24(2)53-37-32-35(33(42)34(45-37)31-26(4)25(3)19-29-28(31)21-44-49(29)30-13-10-11-17-50-30)46-38(51-23-40-14-12-16-48(40)22-27(41)20-40)47-36(32)43-15-18-52-54(8,9)39(5,6)7/h19,21,24,27,30H,10-18,20,22-23H2,1-9H3,(H,43,46,47)/t27-,30?,40+/m1/s1. The molecule has 6 heterocycles. The van der Waals surface area contributed by atoms with Crippen molar-refractivity contribution in [1.29, 1.82) is 0 Å². The predicted molar refractivity (Wildman–Crippen MR) is 210 cm³/mol. The molecule has 0 bridgehead atoms. The number of fused-ring (bicyclic) bond motifs is 3. The van der Waals surface area contributed by atoms with Gasteiger partial charge in [0, 0.05) is 37.1 Å². The van der Waals surface area contributed by atoms with E-state index in [0.29, 0.717) is 49.5 Å². The summed E-state index contributed by atoms with van der Waals surface area (Å²) in [5.74, 6) is -0.0632. The number of aryl methyl sites for hydroxylation is 1. The van der Waals surface area contributed by atoms with E-state index in [9.17, 15) is 4.39 Å². The van der Waals surface area contributed by atoms with Crippen molar-refractivity contribution in [2.24, 2.45) is 0 Å². The van der Waals surface area contributed by atoms with E-state index in [4.69, 9.17) is 38.7 Å². The zero-order valence-corrected chi connectivity index (χ0v) is 34.4. The summed E-state index contributed by atoms with van der Waals surface area (Å²) in [6.45, 7) is 21.8. The molecule has 14 heteroatoms. The first-order valence-corrected chi connectivity index (χ1v) is 22.6. The van der Waals surface area contributed by atoms with Gasteiger partial charge in [-0.1, -0.05) is 20.8 Å². The molecule has 294 valence electrons. The van der Waals surface area contributed by atoms with Gasteiger partial charge >= 0.3 is 6.01 Å². The normalized spacial score (nSPS) is 22.4. The van der Waals surface area contributed by atoms with Crippen LogP contribution in [-0.2, 0) is 9.16 Å². The van der Waals surface area contributed by atoms with E-state index in [0.717, 1.165) is 60.7 Å². The fraction of sp³-hybridized carbons (Fsp3) is 0.650. The van der Waals surface area contributed by atoms with Crippen molar-refractivity contribution in [2.45, 2.75) is 129 Å². The highest BCUT2D eigenvalue weighted by molar-refractivity contribution is 6.74. The molecule has 1 N–H and O–H groups in total. The summed E-state index contributed by atoms with van der Waals surface area (Å²) in [4.78, 5) is 16.7. The second-order valence-corrected chi connectivity index (χ2v) is 22.1. The zero-order chi connectivity index (χ0) is 38.6. The molecule has 0 aliphatic carbocycles. The Bertz CT molecular complexity index is 2010. The Kier molecular flexibility index (Phi) is 10.7. The lowest BCUT2D eigenvalue weighted by atomic mass is 9.95. The van der Waals surface area contributed by atoms with Crippen molar-refractivity contribution in [3.05, 3.63) is 29.2 Å². The van der Waals surface area contributed by atoms with Gasteiger partial charge in [-0.25, -0.2) is 18.4 Å². The molecule has 0 radical (unpaired) electrons. The maximum Gasteiger partial charge on any atom is 0.319 e. The van der Waals surface area contributed by atoms with Crippen LogP contribution < -0.4 is 14.8 Å². The maximum absolute atomic E-state index is 17.5. The van der Waals surface area contributed by atoms with Gasteiger partial charge in [0.2, 0.25) is 5.88 Å². The first-order chi connectivity index (χ1) is 25.6. The van der Waals surface area contributed by atoms with Gasteiger partial charge in [0.15, 0.2) is 20.4 Å². The Morgan fingerprint density at radius 3 is 2.65 bits per heavy atom. The van der Waals surface area contributed by atoms with E-state index in [1.807, 2.05) is 32.4 Å². The third-order valence-electron chi connectivity index (χ3n) is 12.1. The van der Waals surface area contributed by atoms with E-state index in [2.05, 4.69) is 50.1 Å². The minimum Gasteiger partial charge on any atom is -0.474 e. The van der Waals surface area contributed by atoms with Gasteiger partial charge < -0.3 is 24.0 Å². The maximum atomic E-state index is 17.5. The number of nitrogens with zero attached hydrogens (tertiary/aromatic N) is 6. The zero-order valence-electron chi connectivity index (χ0n) is 33.4. The van der Waals surface area contributed by atoms with Crippen LogP contribution in [0, 0.1) is 19.7 Å². The number of pyridine rings is 1. The number of aromatic nitrogens is 5. The molecule has 0 saturated carbocycles. The molecule has 11 nitrogen and oxygen atoms in total. The highest BCUT2D eigenvalue weighted by Gasteiger charge is 2.49. The molecule has 54 heavy (non-hydrogen) atoms. The summed E-state index contributed by atoms with van der Waals surface area (Å²) in [5, 5.41) is 9.30. The molecular weight excluding hydrogens is 709 g/mol. The molecule has 3 fully saturated rings. The van der Waals surface area contributed by atoms with Crippen molar-refractivity contribution in [3.63, 3.8) is 0 Å². The number of ether oxygens (including phenoxy) is 3. The quantitative estimate of drug-likeness (QED) is 0.111. The second kappa shape index (κ2) is 14.9. The molecule has 3 atom stereocenters. The van der Waals surface area contributed by atoms with Crippen LogP contribution >= 0.6 is 0 Å². The SMILES string of the molecule is Cc1cc2c(cnn2C2CCCCO2)c(-c2nc(OC(C)C)c3c(NCCO[Si](C)(C)C(C)(C)C)nc(OC[C@@]45CCCN4C[C@H](F)C5)nc3c2F)c1C. The van der Waals surface area contributed by atoms with Crippen LogP contribution in [0.2, 0.25) is 18.1 Å². The Balaban J connectivity index is 1.35. The van der Waals surface area contributed by atoms with Crippen molar-refractivity contribution in [2.75, 3.05) is 44.8 Å². The topological polar surface area (TPSA) is 109 Å². The molecule has 1 aromatic carbocycles. The van der Waals surface area contributed by atoms with Crippen molar-refractivity contribution < 1.29 is 27.4 Å². The molecule has 3 aliphatic heterocycles. The molecule has 3 aromatic heterocycles. The Morgan fingerprint density at radius 2 is 1.93 bits per heavy atom. The summed E-state index contributed by atoms with van der Waals surface area (Å²) in [7, 11) is -2.03. The summed E-state index contributed by atoms with van der Waals surface area (Å²) < 4.78 is 59.4. The predicted octanol–water partition coefficient (Wildman–Crippen LogP) is 8.67. The largest absolute Gasteiger partial charge is 0.474 e. The van der Waals surface area contributed by atoms with E-state index < -0.39 is 25.8 Å². The van der Waals surface area contributed by atoms with Crippen LogP contribution in [0.25, 0.3) is 33.1 Å². The number of nitrogens with one attached hydrogen (secondary N) is 1. The smallest absolute Gasteiger partial charge is 0.319 e. The first-order valence-electron chi connectivity index (χ1n) is 19.7. The van der Waals surface area contributed by atoms with E-state index in [-0.39, 0.29) is 47.1 Å². The monoisotopic (exact) mass is 765 g/mol. The van der Waals surface area contributed by atoms with Crippen LogP contribution in [-0.4, -0.2) is 95.2 Å². The van der Waals surface area contributed by atoms with Crippen molar-refractivity contribution in [1.82, 2.24) is 29.6 Å². The summed E-state index contributed by atoms with van der Waals surface area (Å²) in [6, 6.07) is 2.10. The fourth-order valence-corrected chi connectivity index (χ4v) is 9.04. The average molecular weight is 766 g/mol. The lowest BCUT2D eigenvalue weighted by Crippen LogP contribution is -2.43. The number of benzene rings is 1. The summed E-state index contributed by atoms with van der Waals surface area (Å²) >= 11 is 0. The van der Waals surface area contributed by atoms with Crippen molar-refractivity contribution >= 4 is 35.9 Å². The van der Waals surface area contributed by atoms with Crippen LogP contribution in [0.1, 0.15) is 90.5 Å². The number of hydrogen-bond donors (Lipinski definition) is 1. The number of anilines is 1. The molecule has 0 spiro atoms. The Hall–Kier alpha value is -3.46. The summed E-state index contributed by atoms with van der Waals surface area (Å²) in [6.07, 6.45) is 5.53. The Morgan fingerprint density at radius 1 is 1.13 bits per heavy atom. The number of rotatable bonds is 12. The lowest BCUT2D eigenvalue weighted by Gasteiger charge is -2.36. The van der Waals surface area contributed by atoms with Gasteiger partial charge in [-0.2, -0.15) is 15.1 Å². The molecule has 0 amide bonds. The minimum absolute atomic E-state index is 0.0128. The van der Waals surface area contributed by atoms with Gasteiger partial charge in [0.1, 0.15) is 35.2 Å². The number of alkyl halides is 1. The second-order valence-electron chi connectivity index (χ2n) is 17.3. The highest BCUT2D eigenvalue weighted by atomic mass is 28.4. The fourth-order valence-electron chi connectivity index (χ4n) is 8.00. The third-order valence-corrected chi connectivity index (χ3v) is 16.6. The lowest BCUT2D eigenvalue weighted by molar-refractivity contribution is -0.0366. The van der Waals surface area contributed by atoms with E-state index in [1.165, 1.54) is 0 Å². The summed E-state index contributed by atoms with van der Waals surface area (Å²) in [5.41, 5.74) is 3.04. The van der Waals surface area contributed by atoms with Gasteiger partial charge in [-0.3, -0.25) is 4.90 Å². The molecule has 4 aromatic rings. The Labute approximate surface area is 318 Å². The van der Waals surface area contributed by atoms with Crippen LogP contribution in [0.3, 0.4) is 0 Å². The van der Waals surface area contributed by atoms with Crippen LogP contribution in [0.15, 0.2) is 12.3 Å². The molecule has 1 unspecified atom stereocenters. The molecule has 3 saturated heterocycles. The third kappa shape index (κ3) is 7.30. The van der Waals surface area contributed by atoms with Gasteiger partial charge in [0.25, 0.3) is 0 Å². The minimum atomic E-state index is -2.03. The molecular formula is C40H57F2N7O4Si. The highest BCUT2D eigenvalue weighted by Crippen LogP contribution is 2.44. The van der Waals surface area contributed by atoms with Crippen LogP contribution in [0.5, 0.6) is 11.9 Å². The van der Waals surface area contributed by atoms with Crippen molar-refractivity contribution in [3.8, 4) is 23.1 Å². The van der Waals surface area contributed by atoms with Gasteiger partial charge in [0.05, 0.1) is 30.0 Å². The van der Waals surface area contributed by atoms with Gasteiger partial charge in [-0.15, -0.1) is 0 Å². The van der Waals surface area contributed by atoms with E-state index >= 15 is 4.39 Å². The molecule has 7 rings (SSSR count). The van der Waals surface area contributed by atoms with Crippen LogP contribution in [0.4, 0.5) is 14.6 Å². The number of hydrogen-bond acceptors (Lipinski definition) is 10. The number of halogens is 2. The average Bonchev–Trinajstić information content (AvgIpc) is 3.79. The van der Waals surface area contributed by atoms with E-state index in [1.54, 1.807) is 6.20 Å². The first kappa shape index (κ1) is 38.8.